The van der Waals surface area contributed by atoms with Crippen LogP contribution in [0.15, 0.2) is 18.3 Å². The summed E-state index contributed by atoms with van der Waals surface area (Å²) in [6.07, 6.45) is 1.46. The van der Waals surface area contributed by atoms with Gasteiger partial charge >= 0.3 is 0 Å². The van der Waals surface area contributed by atoms with Gasteiger partial charge in [-0.05, 0) is 13.0 Å². The van der Waals surface area contributed by atoms with Gasteiger partial charge in [-0.1, -0.05) is 11.3 Å². The van der Waals surface area contributed by atoms with Crippen molar-refractivity contribution >= 4 is 32.6 Å². The Morgan fingerprint density at radius 1 is 1.33 bits per heavy atom. The Hall–Kier alpha value is -2.35. The van der Waals surface area contributed by atoms with Crippen LogP contribution in [0.3, 0.4) is 0 Å². The Labute approximate surface area is 122 Å². The Kier molecular flexibility index (Phi) is 3.17. The lowest BCUT2D eigenvalue weighted by Gasteiger charge is -2.00. The average molecular weight is 308 g/mol. The molecule has 1 amide bonds. The van der Waals surface area contributed by atoms with Gasteiger partial charge in [0.15, 0.2) is 16.8 Å². The standard InChI is InChI=1S/C13H10F2N4OS/c1-6-7(5-16-19(6)2)12(20)18-13-17-10-3-8(14)9(15)4-11(10)21-13/h3-5H,1-2H3,(H,17,18,20). The van der Waals surface area contributed by atoms with Crippen molar-refractivity contribution in [3.05, 3.63) is 41.2 Å². The maximum atomic E-state index is 13.1. The number of hydrogen-bond donors (Lipinski definition) is 1. The fourth-order valence-electron chi connectivity index (χ4n) is 1.86. The zero-order chi connectivity index (χ0) is 15.1. The van der Waals surface area contributed by atoms with Gasteiger partial charge in [-0.3, -0.25) is 14.8 Å². The largest absolute Gasteiger partial charge is 0.298 e. The van der Waals surface area contributed by atoms with E-state index in [0.29, 0.717) is 21.5 Å². The van der Waals surface area contributed by atoms with Crippen molar-refractivity contribution < 1.29 is 13.6 Å². The smallest absolute Gasteiger partial charge is 0.260 e. The molecule has 1 aromatic carbocycles. The minimum absolute atomic E-state index is 0.281. The third kappa shape index (κ3) is 2.38. The van der Waals surface area contributed by atoms with Crippen molar-refractivity contribution in [2.24, 2.45) is 7.05 Å². The molecule has 21 heavy (non-hydrogen) atoms. The van der Waals surface area contributed by atoms with Crippen LogP contribution in [0, 0.1) is 18.6 Å². The number of nitrogens with zero attached hydrogens (tertiary/aromatic N) is 3. The molecule has 108 valence electrons. The van der Waals surface area contributed by atoms with Crippen LogP contribution in [0.4, 0.5) is 13.9 Å². The first kappa shape index (κ1) is 13.6. The molecule has 0 spiro atoms. The molecule has 3 aromatic rings. The number of nitrogens with one attached hydrogen (secondary N) is 1. The number of fused-ring (bicyclic) bond motifs is 1. The van der Waals surface area contributed by atoms with Gasteiger partial charge in [-0.2, -0.15) is 5.10 Å². The highest BCUT2D eigenvalue weighted by Gasteiger charge is 2.15. The molecule has 0 fully saturated rings. The third-order valence-electron chi connectivity index (χ3n) is 3.13. The molecule has 1 N–H and O–H groups in total. The van der Waals surface area contributed by atoms with Crippen molar-refractivity contribution in [2.45, 2.75) is 6.92 Å². The number of aromatic nitrogens is 3. The van der Waals surface area contributed by atoms with E-state index < -0.39 is 11.6 Å². The Balaban J connectivity index is 1.91. The zero-order valence-electron chi connectivity index (χ0n) is 11.1. The maximum absolute atomic E-state index is 13.1. The molecule has 0 aliphatic rings. The lowest BCUT2D eigenvalue weighted by atomic mass is 10.2. The SMILES string of the molecule is Cc1c(C(=O)Nc2nc3cc(F)c(F)cc3s2)cnn1C. The molecule has 0 aliphatic heterocycles. The quantitative estimate of drug-likeness (QED) is 0.792. The van der Waals surface area contributed by atoms with Crippen LogP contribution in [0.2, 0.25) is 0 Å². The molecule has 8 heteroatoms. The summed E-state index contributed by atoms with van der Waals surface area (Å²) in [5.74, 6) is -2.26. The number of thiazole rings is 1. The van der Waals surface area contributed by atoms with Crippen LogP contribution >= 0.6 is 11.3 Å². The van der Waals surface area contributed by atoms with E-state index in [-0.39, 0.29) is 11.0 Å². The van der Waals surface area contributed by atoms with Gasteiger partial charge in [0.25, 0.3) is 5.91 Å². The first-order valence-electron chi connectivity index (χ1n) is 6.01. The molecule has 0 radical (unpaired) electrons. The number of amides is 1. The van der Waals surface area contributed by atoms with E-state index in [1.807, 2.05) is 0 Å². The van der Waals surface area contributed by atoms with E-state index >= 15 is 0 Å². The molecular weight excluding hydrogens is 298 g/mol. The van der Waals surface area contributed by atoms with E-state index in [9.17, 15) is 13.6 Å². The van der Waals surface area contributed by atoms with E-state index in [1.54, 1.807) is 18.7 Å². The summed E-state index contributed by atoms with van der Waals surface area (Å²) in [4.78, 5) is 16.2. The van der Waals surface area contributed by atoms with Gasteiger partial charge in [0.05, 0.1) is 22.0 Å². The number of halogens is 2. The zero-order valence-corrected chi connectivity index (χ0v) is 12.0. The lowest BCUT2D eigenvalue weighted by Crippen LogP contribution is -2.12. The van der Waals surface area contributed by atoms with Crippen LogP contribution in [0.1, 0.15) is 16.1 Å². The first-order chi connectivity index (χ1) is 9.95. The molecular formula is C13H10F2N4OS. The second-order valence-electron chi connectivity index (χ2n) is 4.47. The van der Waals surface area contributed by atoms with E-state index in [0.717, 1.165) is 23.5 Å². The second-order valence-corrected chi connectivity index (χ2v) is 5.51. The predicted octanol–water partition coefficient (Wildman–Crippen LogP) is 2.87. The number of carbonyl (C=O) groups excluding carboxylic acids is 1. The Bertz CT molecular complexity index is 816. The molecule has 0 unspecified atom stereocenters. The van der Waals surface area contributed by atoms with Gasteiger partial charge in [0, 0.05) is 18.8 Å². The van der Waals surface area contributed by atoms with Crippen molar-refractivity contribution in [3.8, 4) is 0 Å². The predicted molar refractivity (Wildman–Crippen MR) is 75.4 cm³/mol. The summed E-state index contributed by atoms with van der Waals surface area (Å²) in [7, 11) is 1.73. The summed E-state index contributed by atoms with van der Waals surface area (Å²) in [6, 6.07) is 2.07. The van der Waals surface area contributed by atoms with Gasteiger partial charge in [-0.25, -0.2) is 13.8 Å². The van der Waals surface area contributed by atoms with Gasteiger partial charge < -0.3 is 0 Å². The van der Waals surface area contributed by atoms with Crippen molar-refractivity contribution in [2.75, 3.05) is 5.32 Å². The van der Waals surface area contributed by atoms with Crippen LogP contribution < -0.4 is 5.32 Å². The molecule has 3 rings (SSSR count). The molecule has 0 aliphatic carbocycles. The van der Waals surface area contributed by atoms with Crippen LogP contribution in [-0.2, 0) is 7.05 Å². The normalized spacial score (nSPS) is 11.0. The fourth-order valence-corrected chi connectivity index (χ4v) is 2.73. The van der Waals surface area contributed by atoms with Gasteiger partial charge in [0.2, 0.25) is 0 Å². The molecule has 0 saturated heterocycles. The summed E-state index contributed by atoms with van der Waals surface area (Å²) in [6.45, 7) is 1.77. The minimum atomic E-state index is -0.964. The van der Waals surface area contributed by atoms with Crippen molar-refractivity contribution in [3.63, 3.8) is 0 Å². The Morgan fingerprint density at radius 2 is 2.05 bits per heavy atom. The highest BCUT2D eigenvalue weighted by molar-refractivity contribution is 7.22. The molecule has 0 bridgehead atoms. The van der Waals surface area contributed by atoms with Gasteiger partial charge in [-0.15, -0.1) is 0 Å². The van der Waals surface area contributed by atoms with Crippen LogP contribution in [0.5, 0.6) is 0 Å². The summed E-state index contributed by atoms with van der Waals surface area (Å²) in [5.41, 5.74) is 1.44. The summed E-state index contributed by atoms with van der Waals surface area (Å²) in [5, 5.41) is 6.88. The highest BCUT2D eigenvalue weighted by atomic mass is 32.1. The van der Waals surface area contributed by atoms with Crippen LogP contribution in [-0.4, -0.2) is 20.7 Å². The number of rotatable bonds is 2. The molecule has 2 aromatic heterocycles. The Morgan fingerprint density at radius 3 is 2.71 bits per heavy atom. The highest BCUT2D eigenvalue weighted by Crippen LogP contribution is 2.28. The first-order valence-corrected chi connectivity index (χ1v) is 6.83. The van der Waals surface area contributed by atoms with Crippen molar-refractivity contribution in [1.29, 1.82) is 0 Å². The fraction of sp³-hybridized carbons (Fsp3) is 0.154. The molecule has 2 heterocycles. The van der Waals surface area contributed by atoms with Crippen LogP contribution in [0.25, 0.3) is 10.2 Å². The number of benzene rings is 1. The number of hydrogen-bond acceptors (Lipinski definition) is 4. The number of carbonyl (C=O) groups is 1. The van der Waals surface area contributed by atoms with E-state index in [1.165, 1.54) is 6.20 Å². The number of anilines is 1. The van der Waals surface area contributed by atoms with Crippen molar-refractivity contribution in [1.82, 2.24) is 14.8 Å². The van der Waals surface area contributed by atoms with E-state index in [4.69, 9.17) is 0 Å². The van der Waals surface area contributed by atoms with E-state index in [2.05, 4.69) is 15.4 Å². The third-order valence-corrected chi connectivity index (χ3v) is 4.06. The summed E-state index contributed by atoms with van der Waals surface area (Å²) >= 11 is 1.08. The minimum Gasteiger partial charge on any atom is -0.298 e. The second kappa shape index (κ2) is 4.88. The average Bonchev–Trinajstić information content (AvgIpc) is 2.94. The monoisotopic (exact) mass is 308 g/mol. The molecule has 0 atom stereocenters. The lowest BCUT2D eigenvalue weighted by molar-refractivity contribution is 0.102. The van der Waals surface area contributed by atoms with Gasteiger partial charge in [0.1, 0.15) is 0 Å². The number of aryl methyl sites for hydroxylation is 1. The summed E-state index contributed by atoms with van der Waals surface area (Å²) < 4.78 is 28.3. The maximum Gasteiger partial charge on any atom is 0.260 e. The molecule has 5 nitrogen and oxygen atoms in total. The molecule has 0 saturated carbocycles. The topological polar surface area (TPSA) is 59.8 Å².